The first-order valence-corrected chi connectivity index (χ1v) is 6.20. The molecule has 1 fully saturated rings. The zero-order chi connectivity index (χ0) is 13.1. The van der Waals surface area contributed by atoms with Gasteiger partial charge in [-0.1, -0.05) is 6.92 Å². The molecule has 1 N–H and O–H groups in total. The third kappa shape index (κ3) is 2.88. The molecule has 4 nitrogen and oxygen atoms in total. The maximum absolute atomic E-state index is 11.7. The van der Waals surface area contributed by atoms with Crippen molar-refractivity contribution in [3.63, 3.8) is 0 Å². The largest absolute Gasteiger partial charge is 0.462 e. The Morgan fingerprint density at radius 2 is 1.94 bits per heavy atom. The summed E-state index contributed by atoms with van der Waals surface area (Å²) in [5, 5.41) is 2.84. The average molecular weight is 247 g/mol. The Labute approximate surface area is 106 Å². The molecule has 0 saturated heterocycles. The third-order valence-corrected chi connectivity index (χ3v) is 3.11. The number of rotatable bonds is 4. The Bertz CT molecular complexity index is 453. The molecule has 18 heavy (non-hydrogen) atoms. The number of carbonyl (C=O) groups is 2. The van der Waals surface area contributed by atoms with Crippen molar-refractivity contribution in [2.45, 2.75) is 20.3 Å². The van der Waals surface area contributed by atoms with E-state index in [0.29, 0.717) is 23.8 Å². The molecule has 2 atom stereocenters. The highest BCUT2D eigenvalue weighted by Gasteiger charge is 2.38. The normalized spacial score (nSPS) is 21.2. The van der Waals surface area contributed by atoms with Gasteiger partial charge in [-0.3, -0.25) is 4.79 Å². The van der Waals surface area contributed by atoms with Crippen LogP contribution >= 0.6 is 0 Å². The summed E-state index contributed by atoms with van der Waals surface area (Å²) in [4.78, 5) is 23.1. The Balaban J connectivity index is 1.95. The number of amides is 1. The SMILES string of the molecule is CCOC(=O)c1ccc(NC(=O)[C@@H]2C[C@H]2C)cc1. The summed E-state index contributed by atoms with van der Waals surface area (Å²) < 4.78 is 4.88. The lowest BCUT2D eigenvalue weighted by Crippen LogP contribution is -2.14. The van der Waals surface area contributed by atoms with Gasteiger partial charge in [0, 0.05) is 11.6 Å². The summed E-state index contributed by atoms with van der Waals surface area (Å²) in [5.74, 6) is 0.358. The second-order valence-electron chi connectivity index (χ2n) is 4.61. The molecular formula is C14H17NO3. The number of benzene rings is 1. The lowest BCUT2D eigenvalue weighted by molar-refractivity contribution is -0.117. The molecule has 0 aliphatic heterocycles. The highest BCUT2D eigenvalue weighted by molar-refractivity contribution is 5.95. The van der Waals surface area contributed by atoms with Gasteiger partial charge in [0.15, 0.2) is 0 Å². The van der Waals surface area contributed by atoms with Crippen molar-refractivity contribution >= 4 is 17.6 Å². The monoisotopic (exact) mass is 247 g/mol. The van der Waals surface area contributed by atoms with Crippen molar-refractivity contribution in [3.05, 3.63) is 29.8 Å². The molecule has 1 aromatic carbocycles. The summed E-state index contributed by atoms with van der Waals surface area (Å²) in [6.07, 6.45) is 0.965. The predicted molar refractivity (Wildman–Crippen MR) is 68.3 cm³/mol. The third-order valence-electron chi connectivity index (χ3n) is 3.11. The van der Waals surface area contributed by atoms with E-state index in [1.54, 1.807) is 31.2 Å². The smallest absolute Gasteiger partial charge is 0.338 e. The van der Waals surface area contributed by atoms with Gasteiger partial charge in [0.1, 0.15) is 0 Å². The van der Waals surface area contributed by atoms with Crippen molar-refractivity contribution in [1.29, 1.82) is 0 Å². The van der Waals surface area contributed by atoms with Gasteiger partial charge < -0.3 is 10.1 Å². The first kappa shape index (κ1) is 12.6. The fourth-order valence-electron chi connectivity index (χ4n) is 1.83. The van der Waals surface area contributed by atoms with Gasteiger partial charge in [-0.15, -0.1) is 0 Å². The van der Waals surface area contributed by atoms with Crippen LogP contribution in [0.15, 0.2) is 24.3 Å². The quantitative estimate of drug-likeness (QED) is 0.831. The van der Waals surface area contributed by atoms with E-state index in [9.17, 15) is 9.59 Å². The molecule has 1 aliphatic rings. The minimum atomic E-state index is -0.341. The van der Waals surface area contributed by atoms with E-state index < -0.39 is 0 Å². The summed E-state index contributed by atoms with van der Waals surface area (Å²) in [7, 11) is 0. The number of carbonyl (C=O) groups excluding carboxylic acids is 2. The van der Waals surface area contributed by atoms with Crippen molar-refractivity contribution < 1.29 is 14.3 Å². The van der Waals surface area contributed by atoms with Crippen LogP contribution in [0.3, 0.4) is 0 Å². The number of esters is 1. The summed E-state index contributed by atoms with van der Waals surface area (Å²) in [5.41, 5.74) is 1.21. The van der Waals surface area contributed by atoms with E-state index in [0.717, 1.165) is 6.42 Å². The maximum Gasteiger partial charge on any atom is 0.338 e. The van der Waals surface area contributed by atoms with Gasteiger partial charge >= 0.3 is 5.97 Å². The van der Waals surface area contributed by atoms with Crippen LogP contribution < -0.4 is 5.32 Å². The Morgan fingerprint density at radius 3 is 2.44 bits per heavy atom. The van der Waals surface area contributed by atoms with Crippen molar-refractivity contribution in [2.24, 2.45) is 11.8 Å². The average Bonchev–Trinajstić information content (AvgIpc) is 3.08. The topological polar surface area (TPSA) is 55.4 Å². The van der Waals surface area contributed by atoms with E-state index in [2.05, 4.69) is 12.2 Å². The highest BCUT2D eigenvalue weighted by atomic mass is 16.5. The second kappa shape index (κ2) is 5.21. The van der Waals surface area contributed by atoms with Gasteiger partial charge in [-0.05, 0) is 43.5 Å². The van der Waals surface area contributed by atoms with Crippen LogP contribution in [0.25, 0.3) is 0 Å². The zero-order valence-electron chi connectivity index (χ0n) is 10.6. The fraction of sp³-hybridized carbons (Fsp3) is 0.429. The van der Waals surface area contributed by atoms with Gasteiger partial charge in [-0.25, -0.2) is 4.79 Å². The van der Waals surface area contributed by atoms with E-state index in [1.165, 1.54) is 0 Å². The highest BCUT2D eigenvalue weighted by Crippen LogP contribution is 2.38. The molecule has 0 spiro atoms. The summed E-state index contributed by atoms with van der Waals surface area (Å²) in [6.45, 7) is 4.19. The van der Waals surface area contributed by atoms with Crippen LogP contribution in [0, 0.1) is 11.8 Å². The molecule has 1 amide bonds. The fourth-order valence-corrected chi connectivity index (χ4v) is 1.83. The van der Waals surface area contributed by atoms with Crippen LogP contribution in [0.4, 0.5) is 5.69 Å². The maximum atomic E-state index is 11.7. The first-order chi connectivity index (χ1) is 8.61. The molecule has 0 aromatic heterocycles. The van der Waals surface area contributed by atoms with E-state index in [-0.39, 0.29) is 17.8 Å². The van der Waals surface area contributed by atoms with E-state index in [1.807, 2.05) is 0 Å². The molecule has 1 saturated carbocycles. The molecule has 0 heterocycles. The van der Waals surface area contributed by atoms with Gasteiger partial charge in [0.05, 0.1) is 12.2 Å². The minimum Gasteiger partial charge on any atom is -0.462 e. The van der Waals surface area contributed by atoms with E-state index >= 15 is 0 Å². The number of nitrogens with one attached hydrogen (secondary N) is 1. The molecule has 1 aliphatic carbocycles. The predicted octanol–water partition coefficient (Wildman–Crippen LogP) is 2.46. The van der Waals surface area contributed by atoms with Crippen LogP contribution in [0.2, 0.25) is 0 Å². The number of anilines is 1. The molecule has 0 radical (unpaired) electrons. The number of hydrogen-bond donors (Lipinski definition) is 1. The van der Waals surface area contributed by atoms with Crippen molar-refractivity contribution in [2.75, 3.05) is 11.9 Å². The number of hydrogen-bond acceptors (Lipinski definition) is 3. The Morgan fingerprint density at radius 1 is 1.33 bits per heavy atom. The van der Waals surface area contributed by atoms with Gasteiger partial charge in [-0.2, -0.15) is 0 Å². The summed E-state index contributed by atoms with van der Waals surface area (Å²) in [6, 6.07) is 6.75. The lowest BCUT2D eigenvalue weighted by atomic mass is 10.2. The molecule has 4 heteroatoms. The molecule has 0 bridgehead atoms. The molecule has 0 unspecified atom stereocenters. The van der Waals surface area contributed by atoms with Crippen LogP contribution in [-0.2, 0) is 9.53 Å². The van der Waals surface area contributed by atoms with Crippen molar-refractivity contribution in [1.82, 2.24) is 0 Å². The van der Waals surface area contributed by atoms with Gasteiger partial charge in [0.2, 0.25) is 5.91 Å². The molecule has 1 aromatic rings. The molecule has 96 valence electrons. The lowest BCUT2D eigenvalue weighted by Gasteiger charge is -2.06. The van der Waals surface area contributed by atoms with Crippen molar-refractivity contribution in [3.8, 4) is 0 Å². The molecule has 2 rings (SSSR count). The minimum absolute atomic E-state index is 0.0615. The second-order valence-corrected chi connectivity index (χ2v) is 4.61. The first-order valence-electron chi connectivity index (χ1n) is 6.20. The Kier molecular flexibility index (Phi) is 3.65. The zero-order valence-corrected chi connectivity index (χ0v) is 10.6. The van der Waals surface area contributed by atoms with Gasteiger partial charge in [0.25, 0.3) is 0 Å². The number of ether oxygens (including phenoxy) is 1. The van der Waals surface area contributed by atoms with Crippen LogP contribution in [0.1, 0.15) is 30.6 Å². The summed E-state index contributed by atoms with van der Waals surface area (Å²) >= 11 is 0. The van der Waals surface area contributed by atoms with Crippen LogP contribution in [-0.4, -0.2) is 18.5 Å². The standard InChI is InChI=1S/C14H17NO3/c1-3-18-14(17)10-4-6-11(7-5-10)15-13(16)12-8-9(12)2/h4-7,9,12H,3,8H2,1-2H3,(H,15,16)/t9-,12-/m1/s1. The van der Waals surface area contributed by atoms with E-state index in [4.69, 9.17) is 4.74 Å². The van der Waals surface area contributed by atoms with Crippen LogP contribution in [0.5, 0.6) is 0 Å². The Hall–Kier alpha value is -1.84. The molecular weight excluding hydrogens is 230 g/mol.